The molecule has 0 atom stereocenters. The Morgan fingerprint density at radius 1 is 1.22 bits per heavy atom. The monoisotopic (exact) mass is 314 g/mol. The van der Waals surface area contributed by atoms with Crippen molar-refractivity contribution in [2.24, 2.45) is 5.92 Å². The molecule has 0 unspecified atom stereocenters. The Morgan fingerprint density at radius 2 is 1.96 bits per heavy atom. The second-order valence-electron chi connectivity index (χ2n) is 7.45. The van der Waals surface area contributed by atoms with Crippen LogP contribution in [0.25, 0.3) is 0 Å². The van der Waals surface area contributed by atoms with Crippen LogP contribution in [0.15, 0.2) is 24.3 Å². The highest BCUT2D eigenvalue weighted by Crippen LogP contribution is 2.38. The fourth-order valence-electron chi connectivity index (χ4n) is 4.04. The normalized spacial score (nSPS) is 30.2. The Morgan fingerprint density at radius 3 is 2.70 bits per heavy atom. The molecule has 2 fully saturated rings. The number of nitrogens with one attached hydrogen (secondary N) is 1. The third-order valence-electron chi connectivity index (χ3n) is 5.75. The molecule has 4 nitrogen and oxygen atoms in total. The van der Waals surface area contributed by atoms with E-state index in [0.29, 0.717) is 17.9 Å². The molecule has 1 aromatic rings. The van der Waals surface area contributed by atoms with Crippen LogP contribution < -0.4 is 10.1 Å². The summed E-state index contributed by atoms with van der Waals surface area (Å²) >= 11 is 0. The molecule has 3 aliphatic rings. The lowest BCUT2D eigenvalue weighted by molar-refractivity contribution is -0.134. The number of carbonyl (C=O) groups excluding carboxylic acids is 1. The average molecular weight is 314 g/mol. The van der Waals surface area contributed by atoms with Crippen LogP contribution in [0, 0.1) is 5.92 Å². The molecular weight excluding hydrogens is 288 g/mol. The smallest absolute Gasteiger partial charge is 0.225 e. The van der Waals surface area contributed by atoms with Gasteiger partial charge in [0.1, 0.15) is 11.4 Å². The first kappa shape index (κ1) is 15.0. The van der Waals surface area contributed by atoms with Gasteiger partial charge in [-0.25, -0.2) is 0 Å². The van der Waals surface area contributed by atoms with Gasteiger partial charge in [-0.3, -0.25) is 4.79 Å². The summed E-state index contributed by atoms with van der Waals surface area (Å²) in [6.07, 6.45) is 6.29. The Hall–Kier alpha value is -1.55. The summed E-state index contributed by atoms with van der Waals surface area (Å²) in [6, 6.07) is 8.72. The number of ether oxygens (including phenoxy) is 1. The zero-order valence-electron chi connectivity index (χ0n) is 13.9. The maximum atomic E-state index is 12.3. The minimum Gasteiger partial charge on any atom is -0.486 e. The molecule has 4 heteroatoms. The second-order valence-corrected chi connectivity index (χ2v) is 7.45. The SMILES string of the molecule is CN(C(=O)C1CC1)C1CCC2(CC1)CNCc1ccccc1O2. The second kappa shape index (κ2) is 5.82. The number of benzene rings is 1. The molecule has 1 heterocycles. The van der Waals surface area contributed by atoms with E-state index >= 15 is 0 Å². The molecule has 4 rings (SSSR count). The number of carbonyl (C=O) groups is 1. The Kier molecular flexibility index (Phi) is 3.80. The lowest BCUT2D eigenvalue weighted by Crippen LogP contribution is -2.51. The van der Waals surface area contributed by atoms with Crippen LogP contribution in [0.1, 0.15) is 44.1 Å². The van der Waals surface area contributed by atoms with Crippen LogP contribution >= 0.6 is 0 Å². The van der Waals surface area contributed by atoms with Gasteiger partial charge in [0.2, 0.25) is 5.91 Å². The maximum Gasteiger partial charge on any atom is 0.225 e. The number of hydrogen-bond donors (Lipinski definition) is 1. The summed E-state index contributed by atoms with van der Waals surface area (Å²) in [7, 11) is 1.99. The van der Waals surface area contributed by atoms with Crippen molar-refractivity contribution in [1.82, 2.24) is 10.2 Å². The summed E-state index contributed by atoms with van der Waals surface area (Å²) in [4.78, 5) is 14.3. The van der Waals surface area contributed by atoms with Crippen molar-refractivity contribution in [1.29, 1.82) is 0 Å². The van der Waals surface area contributed by atoms with Crippen molar-refractivity contribution >= 4 is 5.91 Å². The van der Waals surface area contributed by atoms with Gasteiger partial charge in [0.15, 0.2) is 0 Å². The van der Waals surface area contributed by atoms with Gasteiger partial charge in [0.25, 0.3) is 0 Å². The third-order valence-corrected chi connectivity index (χ3v) is 5.75. The van der Waals surface area contributed by atoms with E-state index in [1.165, 1.54) is 5.56 Å². The number of amides is 1. The van der Waals surface area contributed by atoms with Crippen LogP contribution in [-0.4, -0.2) is 36.0 Å². The molecular formula is C19H26N2O2. The Balaban J connectivity index is 1.43. The molecule has 124 valence electrons. The minimum atomic E-state index is -0.105. The standard InChI is InChI=1S/C19H26N2O2/c1-21(18(22)14-6-7-14)16-8-10-19(11-9-16)13-20-12-15-4-2-3-5-17(15)23-19/h2-5,14,16,20H,6-13H2,1H3. The van der Waals surface area contributed by atoms with Gasteiger partial charge in [0, 0.05) is 37.7 Å². The van der Waals surface area contributed by atoms with Gasteiger partial charge in [-0.2, -0.15) is 0 Å². The number of hydrogen-bond acceptors (Lipinski definition) is 3. The molecule has 2 aliphatic carbocycles. The molecule has 0 bridgehead atoms. The fraction of sp³-hybridized carbons (Fsp3) is 0.632. The Labute approximate surface area is 138 Å². The number of nitrogens with zero attached hydrogens (tertiary/aromatic N) is 1. The van der Waals surface area contributed by atoms with Gasteiger partial charge in [-0.15, -0.1) is 0 Å². The zero-order valence-corrected chi connectivity index (χ0v) is 13.9. The number of fused-ring (bicyclic) bond motifs is 1. The molecule has 0 radical (unpaired) electrons. The molecule has 0 saturated heterocycles. The molecule has 1 spiro atoms. The van der Waals surface area contributed by atoms with Crippen molar-refractivity contribution in [3.05, 3.63) is 29.8 Å². The van der Waals surface area contributed by atoms with Crippen molar-refractivity contribution in [3.63, 3.8) is 0 Å². The van der Waals surface area contributed by atoms with E-state index in [1.54, 1.807) is 0 Å². The van der Waals surface area contributed by atoms with Gasteiger partial charge < -0.3 is 15.0 Å². The average Bonchev–Trinajstić information content (AvgIpc) is 3.41. The van der Waals surface area contributed by atoms with E-state index < -0.39 is 0 Å². The number of rotatable bonds is 2. The van der Waals surface area contributed by atoms with Crippen LogP contribution in [0.2, 0.25) is 0 Å². The van der Waals surface area contributed by atoms with Gasteiger partial charge >= 0.3 is 0 Å². The molecule has 1 amide bonds. The predicted molar refractivity (Wildman–Crippen MR) is 89.3 cm³/mol. The molecule has 1 aromatic carbocycles. The van der Waals surface area contributed by atoms with Gasteiger partial charge in [0.05, 0.1) is 0 Å². The van der Waals surface area contributed by atoms with Crippen LogP contribution in [-0.2, 0) is 11.3 Å². The summed E-state index contributed by atoms with van der Waals surface area (Å²) in [5.41, 5.74) is 1.14. The minimum absolute atomic E-state index is 0.105. The van der Waals surface area contributed by atoms with Crippen molar-refractivity contribution < 1.29 is 9.53 Å². The molecule has 23 heavy (non-hydrogen) atoms. The summed E-state index contributed by atoms with van der Waals surface area (Å²) in [5.74, 6) is 1.70. The van der Waals surface area contributed by atoms with Crippen LogP contribution in [0.4, 0.5) is 0 Å². The van der Waals surface area contributed by atoms with E-state index in [0.717, 1.165) is 57.4 Å². The van der Waals surface area contributed by atoms with Crippen LogP contribution in [0.3, 0.4) is 0 Å². The van der Waals surface area contributed by atoms with E-state index in [2.05, 4.69) is 23.5 Å². The largest absolute Gasteiger partial charge is 0.486 e. The van der Waals surface area contributed by atoms with E-state index in [-0.39, 0.29) is 5.60 Å². The predicted octanol–water partition coefficient (Wildman–Crippen LogP) is 2.72. The van der Waals surface area contributed by atoms with Crippen LogP contribution in [0.5, 0.6) is 5.75 Å². The van der Waals surface area contributed by atoms with Crippen molar-refractivity contribution in [2.75, 3.05) is 13.6 Å². The summed E-state index contributed by atoms with van der Waals surface area (Å²) in [5, 5.41) is 3.55. The third kappa shape index (κ3) is 2.97. The maximum absolute atomic E-state index is 12.3. The molecule has 1 aliphatic heterocycles. The summed E-state index contributed by atoms with van der Waals surface area (Å²) < 4.78 is 6.47. The molecule has 2 saturated carbocycles. The first-order chi connectivity index (χ1) is 11.2. The van der Waals surface area contributed by atoms with Gasteiger partial charge in [-0.1, -0.05) is 18.2 Å². The lowest BCUT2D eigenvalue weighted by Gasteiger charge is -2.42. The van der Waals surface area contributed by atoms with E-state index in [1.807, 2.05) is 18.0 Å². The zero-order chi connectivity index (χ0) is 15.9. The highest BCUT2D eigenvalue weighted by molar-refractivity contribution is 5.81. The fourth-order valence-corrected chi connectivity index (χ4v) is 4.04. The highest BCUT2D eigenvalue weighted by atomic mass is 16.5. The topological polar surface area (TPSA) is 41.6 Å². The summed E-state index contributed by atoms with van der Waals surface area (Å²) in [6.45, 7) is 1.77. The van der Waals surface area contributed by atoms with Crippen molar-refractivity contribution in [3.8, 4) is 5.75 Å². The molecule has 1 N–H and O–H groups in total. The quantitative estimate of drug-likeness (QED) is 0.912. The lowest BCUT2D eigenvalue weighted by atomic mass is 9.81. The first-order valence-electron chi connectivity index (χ1n) is 8.91. The number of para-hydroxylation sites is 1. The van der Waals surface area contributed by atoms with Crippen molar-refractivity contribution in [2.45, 2.75) is 56.7 Å². The highest BCUT2D eigenvalue weighted by Gasteiger charge is 2.42. The molecule has 0 aromatic heterocycles. The van der Waals surface area contributed by atoms with Gasteiger partial charge in [-0.05, 0) is 44.6 Å². The first-order valence-corrected chi connectivity index (χ1v) is 8.91. The Bertz CT molecular complexity index is 589. The van der Waals surface area contributed by atoms with E-state index in [4.69, 9.17) is 4.74 Å². The van der Waals surface area contributed by atoms with E-state index in [9.17, 15) is 4.79 Å².